The van der Waals surface area contributed by atoms with Gasteiger partial charge in [-0.15, -0.1) is 11.3 Å². The van der Waals surface area contributed by atoms with Crippen LogP contribution in [0.2, 0.25) is 0 Å². The van der Waals surface area contributed by atoms with Gasteiger partial charge in [-0.25, -0.2) is 9.59 Å². The fourth-order valence-electron chi connectivity index (χ4n) is 1.96. The summed E-state index contributed by atoms with van der Waals surface area (Å²) in [6, 6.07) is 3.56. The molecule has 5 nitrogen and oxygen atoms in total. The zero-order chi connectivity index (χ0) is 15.2. The molecule has 6 heteroatoms. The number of carboxylic acids is 1. The van der Waals surface area contributed by atoms with E-state index in [0.29, 0.717) is 25.9 Å². The second kappa shape index (κ2) is 7.28. The first-order chi connectivity index (χ1) is 9.42. The SMILES string of the molecule is CCCC(C)(NC(=O)N(CC)Cc1cccs1)C(=O)O. The summed E-state index contributed by atoms with van der Waals surface area (Å²) >= 11 is 1.58. The van der Waals surface area contributed by atoms with Crippen LogP contribution in [-0.4, -0.2) is 34.1 Å². The predicted molar refractivity (Wildman–Crippen MR) is 79.9 cm³/mol. The summed E-state index contributed by atoms with van der Waals surface area (Å²) < 4.78 is 0. The zero-order valence-electron chi connectivity index (χ0n) is 12.2. The van der Waals surface area contributed by atoms with E-state index in [1.807, 2.05) is 31.4 Å². The number of carbonyl (C=O) groups excluding carboxylic acids is 1. The lowest BCUT2D eigenvalue weighted by Gasteiger charge is -2.30. The normalized spacial score (nSPS) is 13.6. The minimum atomic E-state index is -1.21. The Bertz CT molecular complexity index is 447. The second-order valence-electron chi connectivity index (χ2n) is 4.91. The van der Waals surface area contributed by atoms with Crippen LogP contribution in [0.25, 0.3) is 0 Å². The molecule has 1 aromatic heterocycles. The van der Waals surface area contributed by atoms with Gasteiger partial charge in [-0.3, -0.25) is 0 Å². The molecule has 0 saturated heterocycles. The molecule has 0 aliphatic rings. The molecule has 1 heterocycles. The van der Waals surface area contributed by atoms with Crippen LogP contribution in [0.5, 0.6) is 0 Å². The number of urea groups is 1. The van der Waals surface area contributed by atoms with Gasteiger partial charge in [-0.05, 0) is 31.7 Å². The minimum absolute atomic E-state index is 0.334. The molecule has 112 valence electrons. The Labute approximate surface area is 123 Å². The molecule has 0 spiro atoms. The lowest BCUT2D eigenvalue weighted by atomic mass is 9.96. The van der Waals surface area contributed by atoms with Gasteiger partial charge < -0.3 is 15.3 Å². The Kier molecular flexibility index (Phi) is 6.01. The summed E-state index contributed by atoms with van der Waals surface area (Å²) in [5.41, 5.74) is -1.21. The van der Waals surface area contributed by atoms with Crippen molar-refractivity contribution in [3.05, 3.63) is 22.4 Å². The molecule has 0 aliphatic carbocycles. The lowest BCUT2D eigenvalue weighted by Crippen LogP contribution is -2.55. The van der Waals surface area contributed by atoms with Crippen LogP contribution in [0, 0.1) is 0 Å². The molecule has 1 unspecified atom stereocenters. The highest BCUT2D eigenvalue weighted by Crippen LogP contribution is 2.15. The third-order valence-corrected chi connectivity index (χ3v) is 4.06. The molecule has 1 rings (SSSR count). The van der Waals surface area contributed by atoms with Crippen molar-refractivity contribution in [2.75, 3.05) is 6.54 Å². The Morgan fingerprint density at radius 1 is 1.45 bits per heavy atom. The Hall–Kier alpha value is -1.56. The maximum Gasteiger partial charge on any atom is 0.329 e. The van der Waals surface area contributed by atoms with Gasteiger partial charge in [0.15, 0.2) is 0 Å². The summed E-state index contributed by atoms with van der Waals surface area (Å²) in [5.74, 6) is -1.00. The summed E-state index contributed by atoms with van der Waals surface area (Å²) in [4.78, 5) is 26.3. The van der Waals surface area contributed by atoms with Crippen molar-refractivity contribution in [1.29, 1.82) is 0 Å². The van der Waals surface area contributed by atoms with Crippen molar-refractivity contribution in [2.45, 2.75) is 45.7 Å². The molecular formula is C14H22N2O3S. The fraction of sp³-hybridized carbons (Fsp3) is 0.571. The molecule has 2 amide bonds. The summed E-state index contributed by atoms with van der Waals surface area (Å²) in [7, 11) is 0. The minimum Gasteiger partial charge on any atom is -0.480 e. The molecule has 20 heavy (non-hydrogen) atoms. The van der Waals surface area contributed by atoms with Gasteiger partial charge in [0.05, 0.1) is 6.54 Å². The van der Waals surface area contributed by atoms with E-state index < -0.39 is 11.5 Å². The molecule has 2 N–H and O–H groups in total. The number of rotatable bonds is 7. The van der Waals surface area contributed by atoms with Gasteiger partial charge in [0.1, 0.15) is 5.54 Å². The molecule has 0 saturated carbocycles. The summed E-state index contributed by atoms with van der Waals surface area (Å²) in [6.45, 7) is 6.37. The monoisotopic (exact) mass is 298 g/mol. The molecule has 0 bridgehead atoms. The first-order valence-corrected chi connectivity index (χ1v) is 7.63. The number of carbonyl (C=O) groups is 2. The number of thiophene rings is 1. The highest BCUT2D eigenvalue weighted by atomic mass is 32.1. The van der Waals surface area contributed by atoms with Gasteiger partial charge in [0, 0.05) is 11.4 Å². The van der Waals surface area contributed by atoms with E-state index in [1.165, 1.54) is 0 Å². The molecule has 0 fully saturated rings. The van der Waals surface area contributed by atoms with E-state index in [0.717, 1.165) is 4.88 Å². The second-order valence-corrected chi connectivity index (χ2v) is 5.94. The van der Waals surface area contributed by atoms with Crippen molar-refractivity contribution in [2.24, 2.45) is 0 Å². The fourth-order valence-corrected chi connectivity index (χ4v) is 2.68. The third-order valence-electron chi connectivity index (χ3n) is 3.20. The highest BCUT2D eigenvalue weighted by molar-refractivity contribution is 7.09. The standard InChI is InChI=1S/C14H22N2O3S/c1-4-8-14(3,12(17)18)15-13(19)16(5-2)10-11-7-6-9-20-11/h6-7,9H,4-5,8,10H2,1-3H3,(H,15,19)(H,17,18). The van der Waals surface area contributed by atoms with Crippen LogP contribution in [-0.2, 0) is 11.3 Å². The van der Waals surface area contributed by atoms with Crippen LogP contribution < -0.4 is 5.32 Å². The number of aliphatic carboxylic acids is 1. The van der Waals surface area contributed by atoms with E-state index in [9.17, 15) is 14.7 Å². The van der Waals surface area contributed by atoms with E-state index in [4.69, 9.17) is 0 Å². The maximum atomic E-state index is 12.3. The van der Waals surface area contributed by atoms with Crippen molar-refractivity contribution in [3.63, 3.8) is 0 Å². The topological polar surface area (TPSA) is 69.6 Å². The highest BCUT2D eigenvalue weighted by Gasteiger charge is 2.35. The average Bonchev–Trinajstić information content (AvgIpc) is 2.88. The first-order valence-electron chi connectivity index (χ1n) is 6.75. The van der Waals surface area contributed by atoms with Crippen LogP contribution >= 0.6 is 11.3 Å². The number of carboxylic acid groups (broad SMARTS) is 1. The largest absolute Gasteiger partial charge is 0.480 e. The van der Waals surface area contributed by atoms with Crippen molar-refractivity contribution < 1.29 is 14.7 Å². The Morgan fingerprint density at radius 3 is 2.60 bits per heavy atom. The van der Waals surface area contributed by atoms with E-state index in [1.54, 1.807) is 23.2 Å². The van der Waals surface area contributed by atoms with Gasteiger partial charge in [-0.1, -0.05) is 19.4 Å². The molecule has 0 aliphatic heterocycles. The van der Waals surface area contributed by atoms with Crippen LogP contribution in [0.3, 0.4) is 0 Å². The van der Waals surface area contributed by atoms with E-state index in [-0.39, 0.29) is 6.03 Å². The van der Waals surface area contributed by atoms with Crippen LogP contribution in [0.15, 0.2) is 17.5 Å². The molecule has 0 radical (unpaired) electrons. The van der Waals surface area contributed by atoms with Gasteiger partial charge in [0.25, 0.3) is 0 Å². The number of nitrogens with zero attached hydrogens (tertiary/aromatic N) is 1. The summed E-state index contributed by atoms with van der Waals surface area (Å²) in [5, 5.41) is 13.9. The smallest absolute Gasteiger partial charge is 0.329 e. The van der Waals surface area contributed by atoms with E-state index in [2.05, 4.69) is 5.32 Å². The Balaban J connectivity index is 2.73. The number of hydrogen-bond donors (Lipinski definition) is 2. The van der Waals surface area contributed by atoms with Gasteiger partial charge in [-0.2, -0.15) is 0 Å². The average molecular weight is 298 g/mol. The van der Waals surface area contributed by atoms with Crippen molar-refractivity contribution >= 4 is 23.3 Å². The van der Waals surface area contributed by atoms with E-state index >= 15 is 0 Å². The lowest BCUT2D eigenvalue weighted by molar-refractivity contribution is -0.144. The van der Waals surface area contributed by atoms with Gasteiger partial charge >= 0.3 is 12.0 Å². The molecule has 1 aromatic rings. The van der Waals surface area contributed by atoms with Crippen LogP contribution in [0.4, 0.5) is 4.79 Å². The number of nitrogens with one attached hydrogen (secondary N) is 1. The van der Waals surface area contributed by atoms with Crippen LogP contribution in [0.1, 0.15) is 38.5 Å². The third kappa shape index (κ3) is 4.23. The first kappa shape index (κ1) is 16.5. The predicted octanol–water partition coefficient (Wildman–Crippen LogP) is 2.92. The maximum absolute atomic E-state index is 12.3. The van der Waals surface area contributed by atoms with Crippen molar-refractivity contribution in [1.82, 2.24) is 10.2 Å². The Morgan fingerprint density at radius 2 is 2.15 bits per heavy atom. The summed E-state index contributed by atoms with van der Waals surface area (Å²) in [6.07, 6.45) is 1.10. The quantitative estimate of drug-likeness (QED) is 0.813. The van der Waals surface area contributed by atoms with Gasteiger partial charge in [0.2, 0.25) is 0 Å². The molecule has 0 aromatic carbocycles. The number of amides is 2. The molecule has 1 atom stereocenters. The molecular weight excluding hydrogens is 276 g/mol. The number of hydrogen-bond acceptors (Lipinski definition) is 3. The van der Waals surface area contributed by atoms with Crippen molar-refractivity contribution in [3.8, 4) is 0 Å². The zero-order valence-corrected chi connectivity index (χ0v) is 13.0.